The van der Waals surface area contributed by atoms with Crippen LogP contribution in [0.3, 0.4) is 0 Å². The molecule has 1 aromatic heterocycles. The first-order valence-corrected chi connectivity index (χ1v) is 8.09. The molecule has 0 bridgehead atoms. The van der Waals surface area contributed by atoms with Gasteiger partial charge in [-0.05, 0) is 43.0 Å². The molecule has 3 heteroatoms. The van der Waals surface area contributed by atoms with E-state index < -0.39 is 0 Å². The van der Waals surface area contributed by atoms with E-state index in [4.69, 9.17) is 15.5 Å². The highest BCUT2D eigenvalue weighted by Gasteiger charge is 2.26. The molecule has 1 aliphatic carbocycles. The lowest BCUT2D eigenvalue weighted by molar-refractivity contribution is 0.414. The van der Waals surface area contributed by atoms with Gasteiger partial charge in [-0.1, -0.05) is 30.3 Å². The maximum atomic E-state index is 6.56. The highest BCUT2D eigenvalue weighted by atomic mass is 16.5. The van der Waals surface area contributed by atoms with E-state index in [9.17, 15) is 0 Å². The topological polar surface area (TPSA) is 48.1 Å². The predicted molar refractivity (Wildman–Crippen MR) is 93.9 cm³/mol. The van der Waals surface area contributed by atoms with E-state index in [1.54, 1.807) is 7.11 Å². The van der Waals surface area contributed by atoms with Gasteiger partial charge in [0, 0.05) is 28.2 Å². The van der Waals surface area contributed by atoms with Gasteiger partial charge in [0.1, 0.15) is 5.75 Å². The van der Waals surface area contributed by atoms with E-state index in [2.05, 4.69) is 18.2 Å². The summed E-state index contributed by atoms with van der Waals surface area (Å²) in [6.45, 7) is 0. The van der Waals surface area contributed by atoms with Crippen LogP contribution in [-0.2, 0) is 6.42 Å². The molecule has 3 nitrogen and oxygen atoms in total. The summed E-state index contributed by atoms with van der Waals surface area (Å²) < 4.78 is 5.27. The van der Waals surface area contributed by atoms with Gasteiger partial charge in [-0.2, -0.15) is 0 Å². The van der Waals surface area contributed by atoms with Crippen LogP contribution in [0.2, 0.25) is 0 Å². The molecule has 0 radical (unpaired) electrons. The average molecular weight is 304 g/mol. The summed E-state index contributed by atoms with van der Waals surface area (Å²) in [5.74, 6) is 1.20. The Hall–Kier alpha value is -2.55. The second kappa shape index (κ2) is 5.58. The van der Waals surface area contributed by atoms with Crippen molar-refractivity contribution in [1.29, 1.82) is 0 Å². The van der Waals surface area contributed by atoms with Crippen molar-refractivity contribution in [2.75, 3.05) is 12.8 Å². The number of hydrogen-bond acceptors (Lipinski definition) is 3. The smallest absolute Gasteiger partial charge is 0.118 e. The summed E-state index contributed by atoms with van der Waals surface area (Å²) in [7, 11) is 1.69. The number of aromatic nitrogens is 1. The Morgan fingerprint density at radius 2 is 1.87 bits per heavy atom. The van der Waals surface area contributed by atoms with Gasteiger partial charge in [-0.25, -0.2) is 0 Å². The summed E-state index contributed by atoms with van der Waals surface area (Å²) >= 11 is 0. The molecule has 23 heavy (non-hydrogen) atoms. The van der Waals surface area contributed by atoms with E-state index in [1.807, 2.05) is 30.3 Å². The maximum absolute atomic E-state index is 6.56. The first-order valence-electron chi connectivity index (χ1n) is 8.09. The van der Waals surface area contributed by atoms with Gasteiger partial charge in [0.25, 0.3) is 0 Å². The monoisotopic (exact) mass is 304 g/mol. The van der Waals surface area contributed by atoms with Gasteiger partial charge in [-0.3, -0.25) is 4.98 Å². The number of para-hydroxylation sites is 1. The van der Waals surface area contributed by atoms with Gasteiger partial charge >= 0.3 is 0 Å². The zero-order chi connectivity index (χ0) is 15.8. The van der Waals surface area contributed by atoms with E-state index in [0.717, 1.165) is 47.3 Å². The van der Waals surface area contributed by atoms with E-state index in [-0.39, 0.29) is 0 Å². The van der Waals surface area contributed by atoms with Crippen LogP contribution in [0.5, 0.6) is 5.75 Å². The Morgan fingerprint density at radius 3 is 2.65 bits per heavy atom. The minimum absolute atomic E-state index is 0.321. The van der Waals surface area contributed by atoms with Crippen molar-refractivity contribution in [3.8, 4) is 5.75 Å². The first kappa shape index (κ1) is 14.1. The van der Waals surface area contributed by atoms with Gasteiger partial charge in [-0.15, -0.1) is 0 Å². The van der Waals surface area contributed by atoms with Crippen LogP contribution < -0.4 is 10.5 Å². The quantitative estimate of drug-likeness (QED) is 0.768. The fourth-order valence-corrected chi connectivity index (χ4v) is 3.67. The van der Waals surface area contributed by atoms with Gasteiger partial charge in [0.15, 0.2) is 0 Å². The largest absolute Gasteiger partial charge is 0.497 e. The maximum Gasteiger partial charge on any atom is 0.118 e. The summed E-state index contributed by atoms with van der Waals surface area (Å²) in [6, 6.07) is 16.5. The molecule has 0 saturated heterocycles. The molecule has 0 aliphatic heterocycles. The summed E-state index contributed by atoms with van der Waals surface area (Å²) in [5.41, 5.74) is 12.1. The Kier molecular flexibility index (Phi) is 3.41. The zero-order valence-electron chi connectivity index (χ0n) is 13.3. The molecule has 1 atom stereocenters. The van der Waals surface area contributed by atoms with E-state index >= 15 is 0 Å². The third-order valence-corrected chi connectivity index (χ3v) is 4.82. The molecule has 3 aromatic rings. The Bertz CT molecular complexity index is 855. The van der Waals surface area contributed by atoms with Crippen LogP contribution in [0.1, 0.15) is 35.6 Å². The summed E-state index contributed by atoms with van der Waals surface area (Å²) in [6.07, 6.45) is 3.27. The molecular weight excluding hydrogens is 284 g/mol. The minimum atomic E-state index is 0.321. The number of rotatable bonds is 2. The molecule has 0 spiro atoms. The van der Waals surface area contributed by atoms with Gasteiger partial charge < -0.3 is 10.5 Å². The molecule has 2 aromatic carbocycles. The molecule has 0 fully saturated rings. The lowest BCUT2D eigenvalue weighted by atomic mass is 9.79. The normalized spacial score (nSPS) is 17.0. The Labute approximate surface area is 136 Å². The molecule has 2 N–H and O–H groups in total. The van der Waals surface area contributed by atoms with E-state index in [0.29, 0.717) is 5.92 Å². The molecule has 0 amide bonds. The van der Waals surface area contributed by atoms with Crippen molar-refractivity contribution in [1.82, 2.24) is 4.98 Å². The predicted octanol–water partition coefficient (Wildman–Crippen LogP) is 4.29. The molecule has 1 unspecified atom stereocenters. The number of hydrogen-bond donors (Lipinski definition) is 1. The van der Waals surface area contributed by atoms with Gasteiger partial charge in [0.2, 0.25) is 0 Å². The minimum Gasteiger partial charge on any atom is -0.497 e. The van der Waals surface area contributed by atoms with Crippen molar-refractivity contribution in [3.63, 3.8) is 0 Å². The molecular formula is C20H20N2O. The number of ether oxygens (including phenoxy) is 1. The van der Waals surface area contributed by atoms with Crippen molar-refractivity contribution < 1.29 is 4.74 Å². The number of benzene rings is 2. The van der Waals surface area contributed by atoms with Gasteiger partial charge in [0.05, 0.1) is 12.6 Å². The van der Waals surface area contributed by atoms with Crippen molar-refractivity contribution in [2.24, 2.45) is 0 Å². The van der Waals surface area contributed by atoms with Crippen molar-refractivity contribution in [2.45, 2.75) is 25.2 Å². The number of aryl methyl sites for hydroxylation is 1. The third-order valence-electron chi connectivity index (χ3n) is 4.82. The molecule has 116 valence electrons. The van der Waals surface area contributed by atoms with Crippen LogP contribution in [0, 0.1) is 0 Å². The van der Waals surface area contributed by atoms with Crippen LogP contribution in [0.15, 0.2) is 48.5 Å². The van der Waals surface area contributed by atoms with Crippen molar-refractivity contribution >= 4 is 16.6 Å². The number of methoxy groups -OCH3 is 1. The van der Waals surface area contributed by atoms with Crippen molar-refractivity contribution in [3.05, 3.63) is 65.4 Å². The highest BCUT2D eigenvalue weighted by Crippen LogP contribution is 2.41. The zero-order valence-corrected chi connectivity index (χ0v) is 13.3. The Balaban J connectivity index is 1.88. The number of fused-ring (bicyclic) bond motifs is 2. The fourth-order valence-electron chi connectivity index (χ4n) is 3.67. The lowest BCUT2D eigenvalue weighted by Crippen LogP contribution is -2.15. The molecule has 4 rings (SSSR count). The van der Waals surface area contributed by atoms with Crippen LogP contribution in [-0.4, -0.2) is 12.1 Å². The Morgan fingerprint density at radius 1 is 1.09 bits per heavy atom. The fraction of sp³-hybridized carbons (Fsp3) is 0.250. The number of nitrogen functional groups attached to an aromatic ring is 1. The highest BCUT2D eigenvalue weighted by molar-refractivity contribution is 5.92. The second-order valence-electron chi connectivity index (χ2n) is 6.12. The number of pyridine rings is 1. The summed E-state index contributed by atoms with van der Waals surface area (Å²) in [4.78, 5) is 4.88. The SMILES string of the molecule is COc1ccc(C2CCCc3nc4ccccc4c(N)c32)cc1. The number of anilines is 1. The average Bonchev–Trinajstić information content (AvgIpc) is 2.61. The van der Waals surface area contributed by atoms with Crippen LogP contribution in [0.4, 0.5) is 5.69 Å². The summed E-state index contributed by atoms with van der Waals surface area (Å²) in [5, 5.41) is 1.06. The molecule has 1 aliphatic rings. The molecule has 0 saturated carbocycles. The molecule has 1 heterocycles. The van der Waals surface area contributed by atoms with E-state index in [1.165, 1.54) is 11.1 Å². The number of nitrogens with two attached hydrogens (primary N) is 1. The van der Waals surface area contributed by atoms with Crippen LogP contribution >= 0.6 is 0 Å². The standard InChI is InChI=1S/C20H20N2O/c1-23-14-11-9-13(10-12-14)15-6-4-8-18-19(15)20(21)16-5-2-3-7-17(16)22-18/h2-3,5,7,9-12,15H,4,6,8H2,1H3,(H2,21,22). The second-order valence-corrected chi connectivity index (χ2v) is 6.12. The first-order chi connectivity index (χ1) is 11.3. The third kappa shape index (κ3) is 2.33. The van der Waals surface area contributed by atoms with Crippen LogP contribution in [0.25, 0.3) is 10.9 Å². The lowest BCUT2D eigenvalue weighted by Gasteiger charge is -2.27. The number of nitrogens with zero attached hydrogens (tertiary/aromatic N) is 1.